The van der Waals surface area contributed by atoms with Crippen molar-refractivity contribution < 1.29 is 4.79 Å². The Labute approximate surface area is 119 Å². The quantitative estimate of drug-likeness (QED) is 0.516. The number of nitrogens with zero attached hydrogens (tertiary/aromatic N) is 1. The molecule has 1 N–H and O–H groups in total. The van der Waals surface area contributed by atoms with Gasteiger partial charge >= 0.3 is 0 Å². The van der Waals surface area contributed by atoms with E-state index in [0.717, 1.165) is 9.13 Å². The maximum atomic E-state index is 11.8. The second-order valence-corrected chi connectivity index (χ2v) is 4.87. The molecule has 1 amide bonds. The highest BCUT2D eigenvalue weighted by Gasteiger charge is 2.03. The van der Waals surface area contributed by atoms with Gasteiger partial charge in [-0.25, -0.2) is 5.43 Å². The van der Waals surface area contributed by atoms with Crippen molar-refractivity contribution in [1.29, 1.82) is 0 Å². The van der Waals surface area contributed by atoms with Gasteiger partial charge < -0.3 is 0 Å². The number of benzene rings is 2. The van der Waals surface area contributed by atoms with E-state index in [0.29, 0.717) is 5.56 Å². The molecule has 18 heavy (non-hydrogen) atoms. The van der Waals surface area contributed by atoms with Crippen LogP contribution < -0.4 is 5.43 Å². The Morgan fingerprint density at radius 1 is 1.11 bits per heavy atom. The second kappa shape index (κ2) is 6.30. The van der Waals surface area contributed by atoms with E-state index < -0.39 is 0 Å². The Morgan fingerprint density at radius 3 is 2.61 bits per heavy atom. The number of nitrogens with one attached hydrogen (secondary N) is 1. The highest BCUT2D eigenvalue weighted by atomic mass is 127. The van der Waals surface area contributed by atoms with Crippen LogP contribution in [-0.2, 0) is 0 Å². The molecule has 0 saturated heterocycles. The summed E-state index contributed by atoms with van der Waals surface area (Å²) >= 11 is 2.17. The van der Waals surface area contributed by atoms with Crippen molar-refractivity contribution in [3.63, 3.8) is 0 Å². The van der Waals surface area contributed by atoms with Gasteiger partial charge in [0.2, 0.25) is 0 Å². The first kappa shape index (κ1) is 12.8. The number of amides is 1. The lowest BCUT2D eigenvalue weighted by molar-refractivity contribution is 0.0955. The normalized spacial score (nSPS) is 10.5. The fraction of sp³-hybridized carbons (Fsp3) is 0. The maximum Gasteiger partial charge on any atom is 0.271 e. The van der Waals surface area contributed by atoms with Crippen LogP contribution in [0.4, 0.5) is 0 Å². The van der Waals surface area contributed by atoms with Gasteiger partial charge in [-0.2, -0.15) is 5.10 Å². The summed E-state index contributed by atoms with van der Waals surface area (Å²) in [5.74, 6) is -0.208. The van der Waals surface area contributed by atoms with Gasteiger partial charge in [-0.15, -0.1) is 0 Å². The van der Waals surface area contributed by atoms with E-state index in [-0.39, 0.29) is 5.91 Å². The molecule has 2 rings (SSSR count). The minimum Gasteiger partial charge on any atom is -0.267 e. The van der Waals surface area contributed by atoms with Crippen LogP contribution in [0.5, 0.6) is 0 Å². The van der Waals surface area contributed by atoms with E-state index in [1.54, 1.807) is 12.3 Å². The molecule has 0 spiro atoms. The number of halogens is 1. The third-order valence-corrected chi connectivity index (χ3v) is 2.94. The number of hydrazone groups is 1. The Kier molecular flexibility index (Phi) is 4.46. The lowest BCUT2D eigenvalue weighted by Crippen LogP contribution is -2.17. The molecule has 0 aliphatic heterocycles. The molecule has 0 fully saturated rings. The molecule has 0 unspecified atom stereocenters. The molecule has 90 valence electrons. The van der Waals surface area contributed by atoms with Crippen LogP contribution >= 0.6 is 22.6 Å². The molecular formula is C14H11IN2O. The predicted molar refractivity (Wildman–Crippen MR) is 80.7 cm³/mol. The fourth-order valence-electron chi connectivity index (χ4n) is 1.40. The van der Waals surface area contributed by atoms with Crippen LogP contribution in [-0.4, -0.2) is 12.1 Å². The highest BCUT2D eigenvalue weighted by Crippen LogP contribution is 2.07. The summed E-state index contributed by atoms with van der Waals surface area (Å²) in [7, 11) is 0. The molecule has 2 aromatic rings. The highest BCUT2D eigenvalue weighted by molar-refractivity contribution is 14.1. The molecular weight excluding hydrogens is 339 g/mol. The molecule has 0 aromatic heterocycles. The van der Waals surface area contributed by atoms with Crippen molar-refractivity contribution in [2.45, 2.75) is 0 Å². The molecule has 0 aliphatic rings. The van der Waals surface area contributed by atoms with Crippen molar-refractivity contribution in [1.82, 2.24) is 5.43 Å². The molecule has 2 aromatic carbocycles. The SMILES string of the molecule is O=C(N/N=C\c1ccccc1)c1cccc(I)c1. The molecule has 0 heterocycles. The zero-order valence-corrected chi connectivity index (χ0v) is 11.7. The van der Waals surface area contributed by atoms with Gasteiger partial charge in [0.25, 0.3) is 5.91 Å². The Morgan fingerprint density at radius 2 is 1.89 bits per heavy atom. The Hall–Kier alpha value is -1.69. The topological polar surface area (TPSA) is 41.5 Å². The van der Waals surface area contributed by atoms with Gasteiger partial charge in [-0.05, 0) is 46.4 Å². The molecule has 4 heteroatoms. The van der Waals surface area contributed by atoms with Gasteiger partial charge in [-0.1, -0.05) is 36.4 Å². The van der Waals surface area contributed by atoms with Crippen molar-refractivity contribution in [2.75, 3.05) is 0 Å². The summed E-state index contributed by atoms with van der Waals surface area (Å²) in [5, 5.41) is 3.92. The molecule has 0 saturated carbocycles. The van der Waals surface area contributed by atoms with Crippen molar-refractivity contribution in [3.8, 4) is 0 Å². The van der Waals surface area contributed by atoms with Crippen LogP contribution in [0.2, 0.25) is 0 Å². The van der Waals surface area contributed by atoms with E-state index in [2.05, 4.69) is 33.1 Å². The minimum absolute atomic E-state index is 0.208. The van der Waals surface area contributed by atoms with Crippen LogP contribution in [0, 0.1) is 3.57 Å². The average molecular weight is 350 g/mol. The van der Waals surface area contributed by atoms with Crippen LogP contribution in [0.3, 0.4) is 0 Å². The summed E-state index contributed by atoms with van der Waals surface area (Å²) < 4.78 is 1.02. The van der Waals surface area contributed by atoms with E-state index in [9.17, 15) is 4.79 Å². The maximum absolute atomic E-state index is 11.8. The molecule has 0 atom stereocenters. The first-order chi connectivity index (χ1) is 8.75. The van der Waals surface area contributed by atoms with Gasteiger partial charge in [0.15, 0.2) is 0 Å². The number of hydrogen-bond acceptors (Lipinski definition) is 2. The lowest BCUT2D eigenvalue weighted by Gasteiger charge is -2.00. The van der Waals surface area contributed by atoms with Crippen molar-refractivity contribution in [3.05, 3.63) is 69.3 Å². The average Bonchev–Trinajstić information content (AvgIpc) is 2.40. The van der Waals surface area contributed by atoms with Gasteiger partial charge in [0, 0.05) is 9.13 Å². The van der Waals surface area contributed by atoms with Gasteiger partial charge in [0.05, 0.1) is 6.21 Å². The number of rotatable bonds is 3. The number of hydrogen-bond donors (Lipinski definition) is 1. The number of carbonyl (C=O) groups excluding carboxylic acids is 1. The summed E-state index contributed by atoms with van der Waals surface area (Å²) in [6.45, 7) is 0. The Bertz CT molecular complexity index is 567. The van der Waals surface area contributed by atoms with E-state index in [1.165, 1.54) is 0 Å². The largest absolute Gasteiger partial charge is 0.271 e. The standard InChI is InChI=1S/C14H11IN2O/c15-13-8-4-7-12(9-13)14(18)17-16-10-11-5-2-1-3-6-11/h1-10H,(H,17,18)/b16-10-. The molecule has 0 radical (unpaired) electrons. The third kappa shape index (κ3) is 3.66. The molecule has 0 bridgehead atoms. The summed E-state index contributed by atoms with van der Waals surface area (Å²) in [6.07, 6.45) is 1.62. The fourth-order valence-corrected chi connectivity index (χ4v) is 1.94. The van der Waals surface area contributed by atoms with Crippen LogP contribution in [0.1, 0.15) is 15.9 Å². The lowest BCUT2D eigenvalue weighted by atomic mass is 10.2. The molecule has 3 nitrogen and oxygen atoms in total. The minimum atomic E-state index is -0.208. The third-order valence-electron chi connectivity index (χ3n) is 2.27. The van der Waals surface area contributed by atoms with Gasteiger partial charge in [0.1, 0.15) is 0 Å². The number of carbonyl (C=O) groups is 1. The predicted octanol–water partition coefficient (Wildman–Crippen LogP) is 3.06. The van der Waals surface area contributed by atoms with E-state index in [1.807, 2.05) is 48.5 Å². The first-order valence-electron chi connectivity index (χ1n) is 5.40. The Balaban J connectivity index is 1.99. The van der Waals surface area contributed by atoms with Crippen LogP contribution in [0.25, 0.3) is 0 Å². The monoisotopic (exact) mass is 350 g/mol. The smallest absolute Gasteiger partial charge is 0.267 e. The molecule has 0 aliphatic carbocycles. The van der Waals surface area contributed by atoms with E-state index in [4.69, 9.17) is 0 Å². The van der Waals surface area contributed by atoms with Crippen molar-refractivity contribution >= 4 is 34.7 Å². The van der Waals surface area contributed by atoms with Gasteiger partial charge in [-0.3, -0.25) is 4.79 Å². The van der Waals surface area contributed by atoms with E-state index >= 15 is 0 Å². The first-order valence-corrected chi connectivity index (χ1v) is 6.47. The second-order valence-electron chi connectivity index (χ2n) is 3.62. The summed E-state index contributed by atoms with van der Waals surface area (Å²) in [6, 6.07) is 17.0. The van der Waals surface area contributed by atoms with Crippen molar-refractivity contribution in [2.24, 2.45) is 5.10 Å². The summed E-state index contributed by atoms with van der Waals surface area (Å²) in [5.41, 5.74) is 4.05. The zero-order chi connectivity index (χ0) is 12.8. The zero-order valence-electron chi connectivity index (χ0n) is 9.51. The van der Waals surface area contributed by atoms with Crippen LogP contribution in [0.15, 0.2) is 59.7 Å². The summed E-state index contributed by atoms with van der Waals surface area (Å²) in [4.78, 5) is 11.8.